The minimum absolute atomic E-state index is 0.0891. The van der Waals surface area contributed by atoms with Crippen molar-refractivity contribution in [2.45, 2.75) is 0 Å². The normalized spacial score (nSPS) is 11.7. The van der Waals surface area contributed by atoms with E-state index in [-0.39, 0.29) is 11.5 Å². The summed E-state index contributed by atoms with van der Waals surface area (Å²) in [5.74, 6) is 0.178. The Bertz CT molecular complexity index is 1080. The number of phenolic OH excluding ortho intramolecular Hbond substituents is 2. The Morgan fingerprint density at radius 1 is 0.458 bits per heavy atom. The molecule has 4 aromatic carbocycles. The van der Waals surface area contributed by atoms with Crippen LogP contribution in [0.2, 0.25) is 0 Å². The minimum Gasteiger partial charge on any atom is -0.507 e. The first kappa shape index (κ1) is 13.2. The summed E-state index contributed by atoms with van der Waals surface area (Å²) in [4.78, 5) is 0. The van der Waals surface area contributed by atoms with E-state index in [2.05, 4.69) is 42.5 Å². The fraction of sp³-hybridized carbons (Fsp3) is 0. The Labute approximate surface area is 139 Å². The van der Waals surface area contributed by atoms with Crippen molar-refractivity contribution in [1.82, 2.24) is 0 Å². The van der Waals surface area contributed by atoms with E-state index in [4.69, 9.17) is 0 Å². The van der Waals surface area contributed by atoms with E-state index < -0.39 is 0 Å². The van der Waals surface area contributed by atoms with Gasteiger partial charge in [-0.1, -0.05) is 60.7 Å². The van der Waals surface area contributed by atoms with Crippen molar-refractivity contribution >= 4 is 10.8 Å². The Kier molecular flexibility index (Phi) is 2.54. The number of rotatable bonds is 1. The lowest BCUT2D eigenvalue weighted by molar-refractivity contribution is 0.454. The molecule has 114 valence electrons. The smallest absolute Gasteiger partial charge is 0.127 e. The summed E-state index contributed by atoms with van der Waals surface area (Å²) >= 11 is 0. The number of hydrogen-bond acceptors (Lipinski definition) is 2. The second-order valence-electron chi connectivity index (χ2n) is 6.11. The number of phenols is 2. The maximum absolute atomic E-state index is 10.3. The average molecular weight is 310 g/mol. The van der Waals surface area contributed by atoms with Crippen LogP contribution in [0.5, 0.6) is 11.5 Å². The zero-order chi connectivity index (χ0) is 16.3. The summed E-state index contributed by atoms with van der Waals surface area (Å²) in [5, 5.41) is 22.8. The van der Waals surface area contributed by atoms with Gasteiger partial charge in [0, 0.05) is 0 Å². The van der Waals surface area contributed by atoms with Crippen molar-refractivity contribution in [1.29, 1.82) is 0 Å². The van der Waals surface area contributed by atoms with Crippen molar-refractivity contribution < 1.29 is 10.2 Å². The zero-order valence-electron chi connectivity index (χ0n) is 12.8. The highest BCUT2D eigenvalue weighted by Crippen LogP contribution is 2.50. The Morgan fingerprint density at radius 2 is 1.00 bits per heavy atom. The maximum atomic E-state index is 10.3. The van der Waals surface area contributed by atoms with Crippen LogP contribution in [0.25, 0.3) is 44.2 Å². The third-order valence-electron chi connectivity index (χ3n) is 4.84. The van der Waals surface area contributed by atoms with Gasteiger partial charge >= 0.3 is 0 Å². The number of aromatic hydroxyl groups is 2. The van der Waals surface area contributed by atoms with Gasteiger partial charge in [0.25, 0.3) is 0 Å². The summed E-state index contributed by atoms with van der Waals surface area (Å²) in [6.07, 6.45) is 0. The molecule has 0 heterocycles. The third-order valence-corrected chi connectivity index (χ3v) is 4.84. The van der Waals surface area contributed by atoms with Gasteiger partial charge in [-0.2, -0.15) is 0 Å². The summed E-state index contributed by atoms with van der Waals surface area (Å²) in [7, 11) is 0. The molecule has 0 fully saturated rings. The van der Waals surface area contributed by atoms with Crippen molar-refractivity contribution in [3.05, 3.63) is 72.8 Å². The van der Waals surface area contributed by atoms with Gasteiger partial charge in [0.2, 0.25) is 0 Å². The molecule has 0 atom stereocenters. The molecule has 0 saturated carbocycles. The molecule has 0 radical (unpaired) electrons. The average Bonchev–Trinajstić information content (AvgIpc) is 2.93. The summed E-state index contributed by atoms with van der Waals surface area (Å²) in [6, 6.07) is 23.5. The molecule has 1 aliphatic carbocycles. The van der Waals surface area contributed by atoms with Gasteiger partial charge in [-0.15, -0.1) is 0 Å². The predicted molar refractivity (Wildman–Crippen MR) is 97.1 cm³/mol. The summed E-state index contributed by atoms with van der Waals surface area (Å²) in [6.45, 7) is 0. The van der Waals surface area contributed by atoms with Gasteiger partial charge in [-0.25, -0.2) is 0 Å². The monoisotopic (exact) mass is 310 g/mol. The molecule has 0 aliphatic heterocycles. The van der Waals surface area contributed by atoms with E-state index in [9.17, 15) is 10.2 Å². The second-order valence-corrected chi connectivity index (χ2v) is 6.11. The molecule has 0 saturated heterocycles. The summed E-state index contributed by atoms with van der Waals surface area (Å²) in [5.41, 5.74) is 6.20. The van der Waals surface area contributed by atoms with Crippen LogP contribution < -0.4 is 0 Å². The van der Waals surface area contributed by atoms with Crippen molar-refractivity contribution in [2.24, 2.45) is 0 Å². The fourth-order valence-corrected chi connectivity index (χ4v) is 3.83. The van der Waals surface area contributed by atoms with E-state index in [1.165, 1.54) is 27.6 Å². The van der Waals surface area contributed by atoms with E-state index in [1.54, 1.807) is 18.2 Å². The van der Waals surface area contributed by atoms with E-state index in [0.717, 1.165) is 10.9 Å². The first-order valence-corrected chi connectivity index (χ1v) is 7.92. The lowest BCUT2D eigenvalue weighted by Gasteiger charge is -2.12. The molecule has 2 N–H and O–H groups in total. The van der Waals surface area contributed by atoms with Crippen LogP contribution in [0.1, 0.15) is 0 Å². The highest BCUT2D eigenvalue weighted by atomic mass is 16.3. The van der Waals surface area contributed by atoms with Crippen LogP contribution in [0.3, 0.4) is 0 Å². The van der Waals surface area contributed by atoms with Gasteiger partial charge in [0.15, 0.2) is 0 Å². The van der Waals surface area contributed by atoms with Gasteiger partial charge in [-0.05, 0) is 50.7 Å². The van der Waals surface area contributed by atoms with Gasteiger partial charge < -0.3 is 10.2 Å². The highest BCUT2D eigenvalue weighted by molar-refractivity contribution is 6.19. The molecular weight excluding hydrogens is 296 g/mol. The van der Waals surface area contributed by atoms with Crippen LogP contribution in [-0.4, -0.2) is 10.2 Å². The number of benzene rings is 4. The molecular formula is C22H14O2. The molecule has 0 aromatic heterocycles. The molecule has 0 bridgehead atoms. The number of hydrogen-bond donors (Lipinski definition) is 2. The van der Waals surface area contributed by atoms with Gasteiger partial charge in [0.05, 0.1) is 5.56 Å². The van der Waals surface area contributed by atoms with Crippen molar-refractivity contribution in [2.75, 3.05) is 0 Å². The predicted octanol–water partition coefficient (Wildman–Crippen LogP) is 5.57. The van der Waals surface area contributed by atoms with Crippen LogP contribution in [0.4, 0.5) is 0 Å². The molecule has 2 heteroatoms. The van der Waals surface area contributed by atoms with Crippen LogP contribution in [0, 0.1) is 0 Å². The molecule has 0 spiro atoms. The molecule has 24 heavy (non-hydrogen) atoms. The zero-order valence-corrected chi connectivity index (χ0v) is 12.8. The molecule has 2 nitrogen and oxygen atoms in total. The molecule has 4 aromatic rings. The minimum atomic E-state index is 0.0891. The first-order chi connectivity index (χ1) is 11.8. The third kappa shape index (κ3) is 1.60. The largest absolute Gasteiger partial charge is 0.507 e. The van der Waals surface area contributed by atoms with Crippen LogP contribution >= 0.6 is 0 Å². The number of fused-ring (bicyclic) bond motifs is 3. The van der Waals surface area contributed by atoms with Crippen LogP contribution in [-0.2, 0) is 0 Å². The SMILES string of the molecule is Oc1cccc(O)c1-c1ccc2c3c(cccc13)-c1ccccc1-2. The molecule has 1 aliphatic rings. The maximum Gasteiger partial charge on any atom is 0.127 e. The van der Waals surface area contributed by atoms with Gasteiger partial charge in [-0.3, -0.25) is 0 Å². The van der Waals surface area contributed by atoms with Gasteiger partial charge in [0.1, 0.15) is 11.5 Å². The summed E-state index contributed by atoms with van der Waals surface area (Å²) < 4.78 is 0. The standard InChI is InChI=1S/C22H14O2/c23-19-9-4-10-20(24)22(19)18-12-11-17-14-6-2-1-5-13(14)15-7-3-8-16(18)21(15)17/h1-12,23-24H. The van der Waals surface area contributed by atoms with Crippen LogP contribution in [0.15, 0.2) is 72.8 Å². The van der Waals surface area contributed by atoms with Crippen molar-refractivity contribution in [3.63, 3.8) is 0 Å². The highest BCUT2D eigenvalue weighted by Gasteiger charge is 2.23. The lowest BCUT2D eigenvalue weighted by atomic mass is 9.93. The molecule has 5 rings (SSSR count). The Balaban J connectivity index is 1.92. The second kappa shape index (κ2) is 4.62. The van der Waals surface area contributed by atoms with Crippen molar-refractivity contribution in [3.8, 4) is 44.9 Å². The first-order valence-electron chi connectivity index (χ1n) is 7.92. The van der Waals surface area contributed by atoms with E-state index >= 15 is 0 Å². The Morgan fingerprint density at radius 3 is 1.71 bits per heavy atom. The van der Waals surface area contributed by atoms with E-state index in [0.29, 0.717) is 5.56 Å². The molecule has 0 amide bonds. The Hall–Kier alpha value is -3.26. The fourth-order valence-electron chi connectivity index (χ4n) is 3.83. The molecule has 0 unspecified atom stereocenters. The topological polar surface area (TPSA) is 40.5 Å². The quantitative estimate of drug-likeness (QED) is 0.425. The lowest BCUT2D eigenvalue weighted by Crippen LogP contribution is -1.85. The van der Waals surface area contributed by atoms with E-state index in [1.807, 2.05) is 12.1 Å².